The zero-order chi connectivity index (χ0) is 24.3. The van der Waals surface area contributed by atoms with Crippen LogP contribution in [0.3, 0.4) is 0 Å². The summed E-state index contributed by atoms with van der Waals surface area (Å²) in [5.41, 5.74) is 8.04. The summed E-state index contributed by atoms with van der Waals surface area (Å²) in [6, 6.07) is 8.48. The van der Waals surface area contributed by atoms with Gasteiger partial charge in [0.15, 0.2) is 5.36 Å². The SMILES string of the molecule is Nc1cc(N/N=c2/c(=O)ccc(=NNc3cc(S(=O)(=O)O)ccc3O)c2=O)ccc1[N+](=O)[O-]. The average Bonchev–Trinajstić information content (AvgIpc) is 2.73. The Morgan fingerprint density at radius 2 is 1.73 bits per heavy atom. The summed E-state index contributed by atoms with van der Waals surface area (Å²) in [5, 5.41) is 27.2. The molecule has 3 aromatic carbocycles. The van der Waals surface area contributed by atoms with E-state index in [0.29, 0.717) is 0 Å². The van der Waals surface area contributed by atoms with Gasteiger partial charge in [-0.25, -0.2) is 0 Å². The lowest BCUT2D eigenvalue weighted by Crippen LogP contribution is -2.47. The van der Waals surface area contributed by atoms with E-state index in [1.54, 1.807) is 0 Å². The molecule has 0 fully saturated rings. The van der Waals surface area contributed by atoms with Crippen LogP contribution in [0.15, 0.2) is 73.2 Å². The van der Waals surface area contributed by atoms with Crippen LogP contribution >= 0.6 is 0 Å². The summed E-state index contributed by atoms with van der Waals surface area (Å²) >= 11 is 0. The second kappa shape index (κ2) is 8.85. The fourth-order valence-corrected chi connectivity index (χ4v) is 3.04. The van der Waals surface area contributed by atoms with Gasteiger partial charge in [0.2, 0.25) is 10.9 Å². The molecule has 0 bridgehead atoms. The van der Waals surface area contributed by atoms with E-state index in [2.05, 4.69) is 21.1 Å². The van der Waals surface area contributed by atoms with Gasteiger partial charge in [-0.1, -0.05) is 0 Å². The molecule has 0 heterocycles. The van der Waals surface area contributed by atoms with Crippen molar-refractivity contribution in [2.45, 2.75) is 4.90 Å². The molecule has 0 aromatic heterocycles. The number of phenols is 1. The van der Waals surface area contributed by atoms with Crippen LogP contribution in [0, 0.1) is 10.1 Å². The Balaban J connectivity index is 1.97. The molecule has 0 amide bonds. The number of nitro benzene ring substituents is 1. The number of rotatable bonds is 6. The van der Waals surface area contributed by atoms with E-state index >= 15 is 0 Å². The Bertz CT molecular complexity index is 1590. The maximum atomic E-state index is 12.6. The van der Waals surface area contributed by atoms with Crippen LogP contribution in [0.1, 0.15) is 0 Å². The minimum Gasteiger partial charge on any atom is -0.506 e. The van der Waals surface area contributed by atoms with Gasteiger partial charge >= 0.3 is 0 Å². The van der Waals surface area contributed by atoms with Crippen molar-refractivity contribution in [3.8, 4) is 5.75 Å². The first-order valence-electron chi connectivity index (χ1n) is 8.76. The molecule has 0 aliphatic heterocycles. The molecule has 0 radical (unpaired) electrons. The Kier molecular flexibility index (Phi) is 6.18. The summed E-state index contributed by atoms with van der Waals surface area (Å²) < 4.78 is 31.6. The Labute approximate surface area is 183 Å². The van der Waals surface area contributed by atoms with E-state index < -0.39 is 41.9 Å². The molecular formula is C18H14N6O8S. The quantitative estimate of drug-likeness (QED) is 0.101. The second-order valence-electron chi connectivity index (χ2n) is 6.39. The normalized spacial score (nSPS) is 12.5. The number of anilines is 3. The maximum absolute atomic E-state index is 12.6. The number of nitrogens with zero attached hydrogens (tertiary/aromatic N) is 3. The van der Waals surface area contributed by atoms with Gasteiger partial charge in [0.25, 0.3) is 15.8 Å². The molecule has 14 nitrogen and oxygen atoms in total. The van der Waals surface area contributed by atoms with Gasteiger partial charge in [0.1, 0.15) is 16.8 Å². The van der Waals surface area contributed by atoms with Crippen molar-refractivity contribution in [2.24, 2.45) is 10.2 Å². The highest BCUT2D eigenvalue weighted by molar-refractivity contribution is 7.85. The molecule has 3 aromatic rings. The number of benzene rings is 3. The Hall–Kier alpha value is -4.63. The number of nitrogens with two attached hydrogens (primary N) is 1. The third-order valence-electron chi connectivity index (χ3n) is 4.16. The van der Waals surface area contributed by atoms with Crippen LogP contribution in [0.5, 0.6) is 5.75 Å². The molecule has 15 heteroatoms. The van der Waals surface area contributed by atoms with Crippen LogP contribution in [0.2, 0.25) is 0 Å². The van der Waals surface area contributed by atoms with Crippen LogP contribution in [0.25, 0.3) is 0 Å². The molecule has 0 aliphatic carbocycles. The third kappa shape index (κ3) is 5.17. The summed E-state index contributed by atoms with van der Waals surface area (Å²) in [5.74, 6) is -0.429. The molecule has 3 rings (SSSR count). The zero-order valence-electron chi connectivity index (χ0n) is 16.3. The van der Waals surface area contributed by atoms with Crippen molar-refractivity contribution in [1.82, 2.24) is 0 Å². The van der Waals surface area contributed by atoms with E-state index in [9.17, 15) is 33.2 Å². The van der Waals surface area contributed by atoms with Crippen molar-refractivity contribution < 1.29 is 23.0 Å². The monoisotopic (exact) mass is 474 g/mol. The summed E-state index contributed by atoms with van der Waals surface area (Å²) in [6.45, 7) is 0. The molecule has 6 N–H and O–H groups in total. The molecular weight excluding hydrogens is 460 g/mol. The number of nitro groups is 1. The van der Waals surface area contributed by atoms with Crippen LogP contribution in [0.4, 0.5) is 22.7 Å². The number of hydrogen-bond acceptors (Lipinski definition) is 12. The summed E-state index contributed by atoms with van der Waals surface area (Å²) in [7, 11) is -4.56. The fourth-order valence-electron chi connectivity index (χ4n) is 2.53. The van der Waals surface area contributed by atoms with Gasteiger partial charge in [0, 0.05) is 6.07 Å². The smallest absolute Gasteiger partial charge is 0.294 e. The fraction of sp³-hybridized carbons (Fsp3) is 0. The van der Waals surface area contributed by atoms with Gasteiger partial charge < -0.3 is 10.8 Å². The van der Waals surface area contributed by atoms with Crippen molar-refractivity contribution in [2.75, 3.05) is 16.6 Å². The van der Waals surface area contributed by atoms with Crippen LogP contribution in [-0.2, 0) is 10.1 Å². The molecule has 0 aliphatic rings. The molecule has 0 atom stereocenters. The molecule has 33 heavy (non-hydrogen) atoms. The Morgan fingerprint density at radius 3 is 2.36 bits per heavy atom. The number of aromatic hydroxyl groups is 1. The van der Waals surface area contributed by atoms with E-state index in [1.165, 1.54) is 12.1 Å². The first-order chi connectivity index (χ1) is 15.5. The topological polar surface area (TPSA) is 227 Å². The number of nitrogens with one attached hydrogen (secondary N) is 2. The number of hydrogen-bond donors (Lipinski definition) is 5. The lowest BCUT2D eigenvalue weighted by atomic mass is 10.2. The standard InChI is InChI=1S/C18H14N6O8S/c19-11-7-9(1-4-14(11)24(28)29)20-23-17-16(26)6-3-12(18(17)27)21-22-13-8-10(33(30,31)32)2-5-15(13)25/h1-8,20,22,25H,19H2,(H,30,31,32)/b21-12?,23-17-. The van der Waals surface area contributed by atoms with Crippen molar-refractivity contribution in [1.29, 1.82) is 0 Å². The van der Waals surface area contributed by atoms with Gasteiger partial charge in [-0.2, -0.15) is 18.6 Å². The largest absolute Gasteiger partial charge is 0.506 e. The molecule has 170 valence electrons. The lowest BCUT2D eigenvalue weighted by molar-refractivity contribution is -0.383. The van der Waals surface area contributed by atoms with E-state index in [0.717, 1.165) is 36.4 Å². The van der Waals surface area contributed by atoms with E-state index in [4.69, 9.17) is 10.3 Å². The summed E-state index contributed by atoms with van der Waals surface area (Å²) in [4.78, 5) is 34.2. The lowest BCUT2D eigenvalue weighted by Gasteiger charge is -2.05. The molecule has 0 saturated heterocycles. The third-order valence-corrected chi connectivity index (χ3v) is 5.01. The van der Waals surface area contributed by atoms with E-state index in [1.807, 2.05) is 0 Å². The highest BCUT2D eigenvalue weighted by Gasteiger charge is 2.13. The summed E-state index contributed by atoms with van der Waals surface area (Å²) in [6.07, 6.45) is 0. The molecule has 0 spiro atoms. The highest BCUT2D eigenvalue weighted by Crippen LogP contribution is 2.26. The number of phenolic OH excluding ortho intramolecular Hbond substituents is 1. The van der Waals surface area contributed by atoms with Gasteiger partial charge in [-0.3, -0.25) is 35.1 Å². The van der Waals surface area contributed by atoms with Gasteiger partial charge in [-0.05, 0) is 42.5 Å². The average molecular weight is 474 g/mol. The van der Waals surface area contributed by atoms with Crippen LogP contribution < -0.4 is 38.2 Å². The Morgan fingerprint density at radius 1 is 1.00 bits per heavy atom. The van der Waals surface area contributed by atoms with Crippen molar-refractivity contribution in [3.05, 3.63) is 89.8 Å². The van der Waals surface area contributed by atoms with Crippen molar-refractivity contribution >= 4 is 32.9 Å². The van der Waals surface area contributed by atoms with E-state index in [-0.39, 0.29) is 28.1 Å². The first kappa shape index (κ1) is 23.0. The number of nitrogen functional groups attached to an aromatic ring is 1. The predicted molar refractivity (Wildman–Crippen MR) is 115 cm³/mol. The zero-order valence-corrected chi connectivity index (χ0v) is 17.1. The van der Waals surface area contributed by atoms with Crippen LogP contribution in [-0.4, -0.2) is 23.0 Å². The van der Waals surface area contributed by atoms with Crippen molar-refractivity contribution in [3.63, 3.8) is 0 Å². The minimum absolute atomic E-state index is 0.162. The maximum Gasteiger partial charge on any atom is 0.294 e. The second-order valence-corrected chi connectivity index (χ2v) is 7.81. The first-order valence-corrected chi connectivity index (χ1v) is 10.2. The molecule has 0 unspecified atom stereocenters. The predicted octanol–water partition coefficient (Wildman–Crippen LogP) is -0.419. The highest BCUT2D eigenvalue weighted by atomic mass is 32.2. The van der Waals surface area contributed by atoms with Gasteiger partial charge in [-0.15, -0.1) is 0 Å². The van der Waals surface area contributed by atoms with Gasteiger partial charge in [0.05, 0.1) is 21.2 Å². The minimum atomic E-state index is -4.56. The molecule has 0 saturated carbocycles.